The molecule has 5 heteroatoms. The molecule has 1 aromatic rings. The second kappa shape index (κ2) is 6.30. The fourth-order valence-electron chi connectivity index (χ4n) is 3.97. The van der Waals surface area contributed by atoms with Gasteiger partial charge < -0.3 is 10.4 Å². The molecule has 2 aliphatic carbocycles. The van der Waals surface area contributed by atoms with Crippen molar-refractivity contribution in [1.29, 1.82) is 0 Å². The minimum absolute atomic E-state index is 0.0354. The topological polar surface area (TPSA) is 66.4 Å². The zero-order chi connectivity index (χ0) is 16.6. The quantitative estimate of drug-likeness (QED) is 0.874. The highest BCUT2D eigenvalue weighted by Gasteiger charge is 2.43. The Morgan fingerprint density at radius 2 is 2.00 bits per heavy atom. The van der Waals surface area contributed by atoms with Crippen molar-refractivity contribution in [2.45, 2.75) is 39.0 Å². The van der Waals surface area contributed by atoms with Crippen LogP contribution in [0.5, 0.6) is 0 Å². The van der Waals surface area contributed by atoms with Gasteiger partial charge in [-0.3, -0.25) is 4.79 Å². The lowest BCUT2D eigenvalue weighted by molar-refractivity contribution is 0.0696. The lowest BCUT2D eigenvalue weighted by atomic mass is 10.00. The zero-order valence-electron chi connectivity index (χ0n) is 13.3. The van der Waals surface area contributed by atoms with Gasteiger partial charge in [-0.05, 0) is 48.8 Å². The third-order valence-corrected chi connectivity index (χ3v) is 5.38. The molecule has 2 N–H and O–H groups in total. The summed E-state index contributed by atoms with van der Waals surface area (Å²) in [6.45, 7) is 2.02. The first-order chi connectivity index (χ1) is 11.0. The van der Waals surface area contributed by atoms with Crippen LogP contribution in [-0.2, 0) is 0 Å². The van der Waals surface area contributed by atoms with Gasteiger partial charge in [0.05, 0.1) is 11.1 Å². The molecule has 0 bridgehead atoms. The number of carboxylic acids is 1. The molecule has 2 saturated carbocycles. The number of carbonyl (C=O) groups is 2. The Balaban J connectivity index is 1.63. The van der Waals surface area contributed by atoms with Crippen LogP contribution in [0.2, 0.25) is 0 Å². The first-order valence-corrected chi connectivity index (χ1v) is 8.29. The molecule has 2 atom stereocenters. The van der Waals surface area contributed by atoms with E-state index in [1.54, 1.807) is 0 Å². The van der Waals surface area contributed by atoms with Crippen molar-refractivity contribution in [1.82, 2.24) is 5.32 Å². The van der Waals surface area contributed by atoms with E-state index in [4.69, 9.17) is 5.11 Å². The van der Waals surface area contributed by atoms with E-state index in [-0.39, 0.29) is 16.7 Å². The van der Waals surface area contributed by atoms with E-state index in [9.17, 15) is 14.0 Å². The van der Waals surface area contributed by atoms with E-state index in [1.807, 2.05) is 0 Å². The number of rotatable bonds is 5. The summed E-state index contributed by atoms with van der Waals surface area (Å²) < 4.78 is 14.0. The SMILES string of the molecule is Cc1c(C(=O)O)ccc(F)c1C(=O)NCC1CC1C1CCCC1. The molecule has 2 aliphatic rings. The second-order valence-corrected chi connectivity index (χ2v) is 6.81. The van der Waals surface area contributed by atoms with Crippen LogP contribution in [0.25, 0.3) is 0 Å². The summed E-state index contributed by atoms with van der Waals surface area (Å²) in [7, 11) is 0. The van der Waals surface area contributed by atoms with Crippen molar-refractivity contribution >= 4 is 11.9 Å². The lowest BCUT2D eigenvalue weighted by Crippen LogP contribution is -2.28. The number of hydrogen-bond donors (Lipinski definition) is 2. The Bertz CT molecular complexity index is 637. The Kier molecular flexibility index (Phi) is 4.37. The third-order valence-electron chi connectivity index (χ3n) is 5.38. The Hall–Kier alpha value is -1.91. The molecule has 1 amide bonds. The molecule has 0 saturated heterocycles. The molecule has 3 rings (SSSR count). The van der Waals surface area contributed by atoms with Crippen LogP contribution in [0.4, 0.5) is 4.39 Å². The van der Waals surface area contributed by atoms with Crippen LogP contribution in [0, 0.1) is 30.5 Å². The second-order valence-electron chi connectivity index (χ2n) is 6.81. The lowest BCUT2D eigenvalue weighted by Gasteiger charge is -2.12. The highest BCUT2D eigenvalue weighted by Crippen LogP contribution is 2.49. The van der Waals surface area contributed by atoms with Crippen LogP contribution < -0.4 is 5.32 Å². The maximum Gasteiger partial charge on any atom is 0.335 e. The molecule has 0 radical (unpaired) electrons. The molecule has 0 heterocycles. The predicted octanol–water partition coefficient (Wildman–Crippen LogP) is 3.39. The molecule has 2 unspecified atom stereocenters. The summed E-state index contributed by atoms with van der Waals surface area (Å²) in [5.41, 5.74) is -0.00656. The maximum atomic E-state index is 14.0. The van der Waals surface area contributed by atoms with E-state index < -0.39 is 17.7 Å². The van der Waals surface area contributed by atoms with Crippen LogP contribution in [0.15, 0.2) is 12.1 Å². The van der Waals surface area contributed by atoms with Crippen molar-refractivity contribution in [2.24, 2.45) is 17.8 Å². The molecule has 0 spiro atoms. The van der Waals surface area contributed by atoms with Gasteiger partial charge in [0.1, 0.15) is 5.82 Å². The van der Waals surface area contributed by atoms with Gasteiger partial charge in [-0.25, -0.2) is 9.18 Å². The van der Waals surface area contributed by atoms with E-state index in [0.29, 0.717) is 18.4 Å². The summed E-state index contributed by atoms with van der Waals surface area (Å²) in [6, 6.07) is 2.24. The standard InChI is InChI=1S/C18H22FNO3/c1-10-13(18(22)23)6-7-15(19)16(10)17(21)20-9-12-8-14(12)11-4-2-3-5-11/h6-7,11-12,14H,2-5,8-9H2,1H3,(H,20,21)(H,22,23). The smallest absolute Gasteiger partial charge is 0.335 e. The molecular formula is C18H22FNO3. The van der Waals surface area contributed by atoms with Crippen molar-refractivity contribution < 1.29 is 19.1 Å². The monoisotopic (exact) mass is 319 g/mol. The Morgan fingerprint density at radius 1 is 1.30 bits per heavy atom. The van der Waals surface area contributed by atoms with Gasteiger partial charge in [-0.15, -0.1) is 0 Å². The van der Waals surface area contributed by atoms with Gasteiger partial charge in [-0.2, -0.15) is 0 Å². The van der Waals surface area contributed by atoms with Crippen molar-refractivity contribution in [2.75, 3.05) is 6.54 Å². The minimum Gasteiger partial charge on any atom is -0.478 e. The number of halogens is 1. The Morgan fingerprint density at radius 3 is 2.65 bits per heavy atom. The van der Waals surface area contributed by atoms with Gasteiger partial charge in [0.25, 0.3) is 5.91 Å². The van der Waals surface area contributed by atoms with Gasteiger partial charge in [0, 0.05) is 6.54 Å². The minimum atomic E-state index is -1.15. The molecule has 0 aliphatic heterocycles. The summed E-state index contributed by atoms with van der Waals surface area (Å²) >= 11 is 0. The van der Waals surface area contributed by atoms with Crippen molar-refractivity contribution in [3.8, 4) is 0 Å². The molecule has 2 fully saturated rings. The first-order valence-electron chi connectivity index (χ1n) is 8.29. The number of carboxylic acid groups (broad SMARTS) is 1. The average molecular weight is 319 g/mol. The zero-order valence-corrected chi connectivity index (χ0v) is 13.3. The number of aromatic carboxylic acids is 1. The fourth-order valence-corrected chi connectivity index (χ4v) is 3.97. The number of amides is 1. The number of hydrogen-bond acceptors (Lipinski definition) is 2. The molecule has 23 heavy (non-hydrogen) atoms. The average Bonchev–Trinajstić information content (AvgIpc) is 3.06. The largest absolute Gasteiger partial charge is 0.478 e. The first kappa shape index (κ1) is 16.0. The normalized spacial score (nSPS) is 23.7. The fraction of sp³-hybridized carbons (Fsp3) is 0.556. The van der Waals surface area contributed by atoms with E-state index in [1.165, 1.54) is 38.7 Å². The summed E-state index contributed by atoms with van der Waals surface area (Å²) in [4.78, 5) is 23.4. The third kappa shape index (κ3) is 3.23. The maximum absolute atomic E-state index is 14.0. The highest BCUT2D eigenvalue weighted by molar-refractivity contribution is 6.00. The molecule has 4 nitrogen and oxygen atoms in total. The molecule has 124 valence electrons. The summed E-state index contributed by atoms with van der Waals surface area (Å²) in [5, 5.41) is 11.9. The van der Waals surface area contributed by atoms with Crippen LogP contribution in [-0.4, -0.2) is 23.5 Å². The van der Waals surface area contributed by atoms with Crippen LogP contribution >= 0.6 is 0 Å². The van der Waals surface area contributed by atoms with Gasteiger partial charge in [0.2, 0.25) is 0 Å². The van der Waals surface area contributed by atoms with Crippen molar-refractivity contribution in [3.63, 3.8) is 0 Å². The number of carbonyl (C=O) groups excluding carboxylic acids is 1. The van der Waals surface area contributed by atoms with Crippen molar-refractivity contribution in [3.05, 3.63) is 34.6 Å². The summed E-state index contributed by atoms with van der Waals surface area (Å²) in [5.74, 6) is -0.346. The predicted molar refractivity (Wildman–Crippen MR) is 84.0 cm³/mol. The van der Waals surface area contributed by atoms with Gasteiger partial charge >= 0.3 is 5.97 Å². The molecule has 1 aromatic carbocycles. The number of benzene rings is 1. The molecular weight excluding hydrogens is 297 g/mol. The van der Waals surface area contributed by atoms with Gasteiger partial charge in [0.15, 0.2) is 0 Å². The number of nitrogens with one attached hydrogen (secondary N) is 1. The van der Waals surface area contributed by atoms with E-state index in [0.717, 1.165) is 18.4 Å². The van der Waals surface area contributed by atoms with E-state index in [2.05, 4.69) is 5.32 Å². The highest BCUT2D eigenvalue weighted by atomic mass is 19.1. The van der Waals surface area contributed by atoms with Crippen LogP contribution in [0.1, 0.15) is 58.4 Å². The van der Waals surface area contributed by atoms with E-state index >= 15 is 0 Å². The van der Waals surface area contributed by atoms with Crippen LogP contribution in [0.3, 0.4) is 0 Å². The summed E-state index contributed by atoms with van der Waals surface area (Å²) in [6.07, 6.45) is 6.36. The Labute approximate surface area is 135 Å². The molecule has 0 aromatic heterocycles. The van der Waals surface area contributed by atoms with Gasteiger partial charge in [-0.1, -0.05) is 25.7 Å².